The number of hydrogen-bond donors (Lipinski definition) is 0. The number of unbranched alkanes of at least 4 members (excludes halogenated alkanes) is 6. The molecule has 110 valence electrons. The smallest absolute Gasteiger partial charge is 1.00 e. The molecule has 2 heteroatoms. The van der Waals surface area contributed by atoms with Gasteiger partial charge in [0.15, 0.2) is 0 Å². The van der Waals surface area contributed by atoms with Gasteiger partial charge in [0, 0.05) is 6.54 Å². The summed E-state index contributed by atoms with van der Waals surface area (Å²) in [6, 6.07) is 0. The topological polar surface area (TPSA) is 3.24 Å². The molecular weight excluding hydrogens is 225 g/mol. The van der Waals surface area contributed by atoms with E-state index in [2.05, 4.69) is 38.7 Å². The molecule has 0 rings (SSSR count). The molecule has 19 heavy (non-hydrogen) atoms. The van der Waals surface area contributed by atoms with Crippen LogP contribution in [0.1, 0.15) is 80.5 Å². The van der Waals surface area contributed by atoms with Gasteiger partial charge in [-0.3, -0.25) is 4.90 Å². The number of rotatable bonds is 12. The Kier molecular flexibility index (Phi) is 18.6. The number of allylic oxidation sites excluding steroid dienone is 1. The normalized spacial score (nSPS) is 11.7. The van der Waals surface area contributed by atoms with Crippen molar-refractivity contribution in [3.05, 3.63) is 11.6 Å². The van der Waals surface area contributed by atoms with Crippen LogP contribution in [0.3, 0.4) is 0 Å². The van der Waals surface area contributed by atoms with Crippen molar-refractivity contribution in [3.8, 4) is 0 Å². The van der Waals surface area contributed by atoms with E-state index in [4.69, 9.17) is 0 Å². The third-order valence-corrected chi connectivity index (χ3v) is 3.62. The van der Waals surface area contributed by atoms with Gasteiger partial charge in [-0.15, -0.1) is 0 Å². The molecule has 0 heterocycles. The summed E-state index contributed by atoms with van der Waals surface area (Å²) in [5.74, 6) is 0. The molecule has 0 atom stereocenters. The summed E-state index contributed by atoms with van der Waals surface area (Å²) in [5, 5.41) is 0. The Morgan fingerprint density at radius 1 is 0.895 bits per heavy atom. The molecule has 0 radical (unpaired) electrons. The minimum absolute atomic E-state index is 0. The molecule has 0 N–H and O–H groups in total. The first kappa shape index (κ1) is 21.6. The fraction of sp³-hybridized carbons (Fsp3) is 0.882. The average molecular weight is 261 g/mol. The Morgan fingerprint density at radius 3 is 1.74 bits per heavy atom. The van der Waals surface area contributed by atoms with Gasteiger partial charge >= 0.3 is 18.9 Å². The Hall–Kier alpha value is 0.297. The van der Waals surface area contributed by atoms with E-state index in [0.717, 1.165) is 0 Å². The first-order chi connectivity index (χ1) is 8.74. The van der Waals surface area contributed by atoms with Crippen LogP contribution in [-0.2, 0) is 0 Å². The predicted molar refractivity (Wildman–Crippen MR) is 85.3 cm³/mol. The Bertz CT molecular complexity index is 195. The van der Waals surface area contributed by atoms with Gasteiger partial charge in [0.25, 0.3) is 0 Å². The van der Waals surface area contributed by atoms with Crippen LogP contribution in [0.4, 0.5) is 0 Å². The van der Waals surface area contributed by atoms with Crippen molar-refractivity contribution >= 4 is 0 Å². The molecule has 0 aliphatic carbocycles. The molecular formula is C17H36LiN. The fourth-order valence-corrected chi connectivity index (χ4v) is 2.24. The molecule has 0 saturated carbocycles. The van der Waals surface area contributed by atoms with Gasteiger partial charge < -0.3 is 1.43 Å². The Balaban J connectivity index is -0.00000144. The second-order valence-corrected chi connectivity index (χ2v) is 5.53. The van der Waals surface area contributed by atoms with Crippen molar-refractivity contribution in [2.24, 2.45) is 0 Å². The van der Waals surface area contributed by atoms with Crippen molar-refractivity contribution in [2.45, 2.75) is 79.1 Å². The van der Waals surface area contributed by atoms with Crippen LogP contribution in [-0.4, -0.2) is 24.5 Å². The van der Waals surface area contributed by atoms with Crippen molar-refractivity contribution < 1.29 is 20.3 Å². The van der Waals surface area contributed by atoms with Gasteiger partial charge in [0.2, 0.25) is 0 Å². The maximum Gasteiger partial charge on any atom is 1.00 e. The minimum Gasteiger partial charge on any atom is -1.00 e. The summed E-state index contributed by atoms with van der Waals surface area (Å²) in [4.78, 5) is 2.65. The van der Waals surface area contributed by atoms with Gasteiger partial charge in [-0.25, -0.2) is 0 Å². The predicted octanol–water partition coefficient (Wildman–Crippen LogP) is 2.53. The van der Waals surface area contributed by atoms with E-state index in [-0.39, 0.29) is 20.3 Å². The van der Waals surface area contributed by atoms with E-state index < -0.39 is 0 Å². The quantitative estimate of drug-likeness (QED) is 0.296. The molecule has 0 aromatic rings. The second kappa shape index (κ2) is 16.4. The summed E-state index contributed by atoms with van der Waals surface area (Å²) in [5.41, 5.74) is 1.51. The number of nitrogens with zero attached hydrogens (tertiary/aromatic N) is 1. The SMILES string of the molecule is CC=C(C)CN(CCCCCC)CCCCCC.[H-].[Li+]. The van der Waals surface area contributed by atoms with Gasteiger partial charge in [-0.1, -0.05) is 64.0 Å². The zero-order chi connectivity index (χ0) is 13.6. The van der Waals surface area contributed by atoms with E-state index in [9.17, 15) is 0 Å². The average Bonchev–Trinajstić information content (AvgIpc) is 2.39. The van der Waals surface area contributed by atoms with E-state index in [0.29, 0.717) is 0 Å². The molecule has 0 aliphatic rings. The minimum atomic E-state index is 0. The van der Waals surface area contributed by atoms with Crippen LogP contribution >= 0.6 is 0 Å². The van der Waals surface area contributed by atoms with E-state index in [1.54, 1.807) is 0 Å². The third-order valence-electron chi connectivity index (χ3n) is 3.62. The van der Waals surface area contributed by atoms with E-state index in [1.807, 2.05) is 0 Å². The maximum absolute atomic E-state index is 2.65. The molecule has 0 aromatic carbocycles. The van der Waals surface area contributed by atoms with Gasteiger partial charge in [-0.2, -0.15) is 0 Å². The van der Waals surface area contributed by atoms with Crippen molar-refractivity contribution in [1.82, 2.24) is 4.90 Å². The van der Waals surface area contributed by atoms with Crippen LogP contribution in [0.5, 0.6) is 0 Å². The fourth-order valence-electron chi connectivity index (χ4n) is 2.24. The third kappa shape index (κ3) is 14.5. The number of hydrogen-bond acceptors (Lipinski definition) is 1. The first-order valence-corrected chi connectivity index (χ1v) is 8.08. The summed E-state index contributed by atoms with van der Waals surface area (Å²) < 4.78 is 0. The molecule has 0 amide bonds. The molecule has 1 nitrogen and oxygen atoms in total. The summed E-state index contributed by atoms with van der Waals surface area (Å²) >= 11 is 0. The second-order valence-electron chi connectivity index (χ2n) is 5.53. The van der Waals surface area contributed by atoms with Crippen LogP contribution < -0.4 is 18.9 Å². The van der Waals surface area contributed by atoms with Crippen LogP contribution in [0.15, 0.2) is 11.6 Å². The molecule has 0 bridgehead atoms. The summed E-state index contributed by atoms with van der Waals surface area (Å²) in [6.07, 6.45) is 13.3. The van der Waals surface area contributed by atoms with E-state index >= 15 is 0 Å². The van der Waals surface area contributed by atoms with Gasteiger partial charge in [0.05, 0.1) is 0 Å². The molecule has 0 fully saturated rings. The standard InChI is InChI=1S/C17H35N.Li.H/c1-5-8-10-12-14-18(16-17(4)7-3)15-13-11-9-6-2;;/h7H,5-6,8-16H2,1-4H3;;/q;+1;-1. The Morgan fingerprint density at radius 2 is 1.37 bits per heavy atom. The van der Waals surface area contributed by atoms with Gasteiger partial charge in [-0.05, 0) is 39.8 Å². The van der Waals surface area contributed by atoms with Crippen LogP contribution in [0.2, 0.25) is 0 Å². The van der Waals surface area contributed by atoms with Gasteiger partial charge in [0.1, 0.15) is 0 Å². The zero-order valence-corrected chi connectivity index (χ0v) is 14.3. The van der Waals surface area contributed by atoms with E-state index in [1.165, 1.54) is 76.6 Å². The van der Waals surface area contributed by atoms with Crippen LogP contribution in [0, 0.1) is 0 Å². The molecule has 0 aromatic heterocycles. The zero-order valence-electron chi connectivity index (χ0n) is 15.3. The molecule has 0 aliphatic heterocycles. The van der Waals surface area contributed by atoms with Crippen LogP contribution in [0.25, 0.3) is 0 Å². The molecule has 0 saturated heterocycles. The molecule has 0 unspecified atom stereocenters. The van der Waals surface area contributed by atoms with Crippen molar-refractivity contribution in [2.75, 3.05) is 19.6 Å². The molecule has 0 spiro atoms. The maximum atomic E-state index is 2.65. The van der Waals surface area contributed by atoms with Crippen molar-refractivity contribution in [3.63, 3.8) is 0 Å². The Labute approximate surface area is 135 Å². The summed E-state index contributed by atoms with van der Waals surface area (Å²) in [6.45, 7) is 12.7. The summed E-state index contributed by atoms with van der Waals surface area (Å²) in [7, 11) is 0. The monoisotopic (exact) mass is 261 g/mol. The van der Waals surface area contributed by atoms with Crippen molar-refractivity contribution in [1.29, 1.82) is 0 Å². The first-order valence-electron chi connectivity index (χ1n) is 8.08. The largest absolute Gasteiger partial charge is 1.00 e.